The Balaban J connectivity index is 2.74. The molecule has 0 heterocycles. The van der Waals surface area contributed by atoms with Crippen molar-refractivity contribution in [1.82, 2.24) is 0 Å². The Morgan fingerprint density at radius 1 is 1.33 bits per heavy atom. The highest BCUT2D eigenvalue weighted by Crippen LogP contribution is 2.14. The molecular formula is C13H17NO. The molecule has 0 aliphatic carbocycles. The van der Waals surface area contributed by atoms with E-state index in [2.05, 4.69) is 11.9 Å². The van der Waals surface area contributed by atoms with E-state index in [1.165, 1.54) is 0 Å². The highest BCUT2D eigenvalue weighted by molar-refractivity contribution is 5.93. The molecule has 0 fully saturated rings. The first-order chi connectivity index (χ1) is 7.26. The molecule has 0 aliphatic rings. The number of ether oxygens (including phenoxy) is 1. The van der Waals surface area contributed by atoms with E-state index in [0.29, 0.717) is 0 Å². The topological polar surface area (TPSA) is 21.6 Å². The summed E-state index contributed by atoms with van der Waals surface area (Å²) in [5, 5.41) is 0. The quantitative estimate of drug-likeness (QED) is 0.542. The van der Waals surface area contributed by atoms with E-state index < -0.39 is 0 Å². The maximum Gasteiger partial charge on any atom is 0.126 e. The van der Waals surface area contributed by atoms with Gasteiger partial charge in [-0.1, -0.05) is 25.1 Å². The summed E-state index contributed by atoms with van der Waals surface area (Å²) in [6.07, 6.45) is 2.83. The lowest BCUT2D eigenvalue weighted by molar-refractivity contribution is 0.410. The van der Waals surface area contributed by atoms with Crippen LogP contribution in [0.4, 0.5) is 0 Å². The van der Waals surface area contributed by atoms with E-state index in [4.69, 9.17) is 4.74 Å². The van der Waals surface area contributed by atoms with Crippen LogP contribution < -0.4 is 4.74 Å². The fourth-order valence-corrected chi connectivity index (χ4v) is 1.14. The van der Waals surface area contributed by atoms with Crippen molar-refractivity contribution >= 4 is 5.71 Å². The highest BCUT2D eigenvalue weighted by Gasteiger charge is 1.98. The molecule has 0 unspecified atom stereocenters. The summed E-state index contributed by atoms with van der Waals surface area (Å²) < 4.78 is 5.72. The number of aliphatic imine (C=N–C) groups is 1. The van der Waals surface area contributed by atoms with Gasteiger partial charge in [0.1, 0.15) is 11.5 Å². The van der Waals surface area contributed by atoms with Crippen LogP contribution in [0.3, 0.4) is 0 Å². The molecule has 0 radical (unpaired) electrons. The molecule has 2 nitrogen and oxygen atoms in total. The average Bonchev–Trinajstić information content (AvgIpc) is 2.29. The maximum atomic E-state index is 5.72. The molecule has 0 saturated heterocycles. The van der Waals surface area contributed by atoms with Gasteiger partial charge in [-0.3, -0.25) is 4.99 Å². The van der Waals surface area contributed by atoms with Gasteiger partial charge in [0.25, 0.3) is 0 Å². The number of benzene rings is 1. The summed E-state index contributed by atoms with van der Waals surface area (Å²) in [7, 11) is 1.78. The zero-order valence-electron chi connectivity index (χ0n) is 9.53. The van der Waals surface area contributed by atoms with Gasteiger partial charge in [0.2, 0.25) is 0 Å². The molecule has 1 aromatic carbocycles. The minimum absolute atomic E-state index is 0.863. The fourth-order valence-electron chi connectivity index (χ4n) is 1.14. The second kappa shape index (κ2) is 6.02. The number of rotatable bonds is 4. The summed E-state index contributed by atoms with van der Waals surface area (Å²) >= 11 is 0. The van der Waals surface area contributed by atoms with E-state index in [9.17, 15) is 0 Å². The van der Waals surface area contributed by atoms with Crippen LogP contribution in [-0.2, 0) is 0 Å². The minimum Gasteiger partial charge on any atom is -0.462 e. The molecule has 0 atom stereocenters. The first-order valence-electron chi connectivity index (χ1n) is 5.13. The molecule has 80 valence electrons. The molecule has 1 rings (SSSR count). The predicted molar refractivity (Wildman–Crippen MR) is 64.5 cm³/mol. The maximum absolute atomic E-state index is 5.72. The van der Waals surface area contributed by atoms with Crippen LogP contribution in [0.1, 0.15) is 20.3 Å². The van der Waals surface area contributed by atoms with Crippen LogP contribution >= 0.6 is 0 Å². The first kappa shape index (κ1) is 11.5. The third-order valence-corrected chi connectivity index (χ3v) is 2.06. The molecule has 0 aromatic heterocycles. The van der Waals surface area contributed by atoms with Crippen LogP contribution in [0.2, 0.25) is 0 Å². The van der Waals surface area contributed by atoms with E-state index in [1.54, 1.807) is 7.05 Å². The lowest BCUT2D eigenvalue weighted by atomic mass is 10.3. The summed E-state index contributed by atoms with van der Waals surface area (Å²) in [5.41, 5.74) is 0.975. The number of hydrogen-bond donors (Lipinski definition) is 0. The molecule has 0 amide bonds. The van der Waals surface area contributed by atoms with Gasteiger partial charge in [0.05, 0.1) is 0 Å². The van der Waals surface area contributed by atoms with Crippen LogP contribution in [0.25, 0.3) is 0 Å². The molecule has 0 saturated carbocycles. The van der Waals surface area contributed by atoms with Crippen molar-refractivity contribution in [2.45, 2.75) is 20.3 Å². The number of para-hydroxylation sites is 1. The number of allylic oxidation sites excluding steroid dienone is 2. The van der Waals surface area contributed by atoms with Gasteiger partial charge in [-0.2, -0.15) is 0 Å². The van der Waals surface area contributed by atoms with Gasteiger partial charge in [0, 0.05) is 19.2 Å². The van der Waals surface area contributed by atoms with Crippen molar-refractivity contribution in [3.63, 3.8) is 0 Å². The smallest absolute Gasteiger partial charge is 0.126 e. The summed E-state index contributed by atoms with van der Waals surface area (Å²) in [5.74, 6) is 1.80. The second-order valence-electron chi connectivity index (χ2n) is 3.24. The van der Waals surface area contributed by atoms with E-state index in [-0.39, 0.29) is 0 Å². The molecule has 0 N–H and O–H groups in total. The Morgan fingerprint density at radius 2 is 2.00 bits per heavy atom. The average molecular weight is 203 g/mol. The lowest BCUT2D eigenvalue weighted by Gasteiger charge is -2.07. The molecule has 0 aliphatic heterocycles. The van der Waals surface area contributed by atoms with Crippen LogP contribution in [-0.4, -0.2) is 12.8 Å². The summed E-state index contributed by atoms with van der Waals surface area (Å²) in [6, 6.07) is 9.79. The first-order valence-corrected chi connectivity index (χ1v) is 5.13. The van der Waals surface area contributed by atoms with Crippen molar-refractivity contribution < 1.29 is 4.74 Å². The number of nitrogens with zero attached hydrogens (tertiary/aromatic N) is 1. The van der Waals surface area contributed by atoms with Gasteiger partial charge < -0.3 is 4.74 Å². The van der Waals surface area contributed by atoms with E-state index in [1.807, 2.05) is 43.3 Å². The zero-order valence-corrected chi connectivity index (χ0v) is 9.53. The number of hydrogen-bond acceptors (Lipinski definition) is 2. The highest BCUT2D eigenvalue weighted by atomic mass is 16.5. The molecule has 0 spiro atoms. The normalized spacial score (nSPS) is 12.7. The van der Waals surface area contributed by atoms with Crippen molar-refractivity contribution in [3.8, 4) is 5.75 Å². The van der Waals surface area contributed by atoms with Gasteiger partial charge in [-0.15, -0.1) is 0 Å². The molecule has 2 heteroatoms. The van der Waals surface area contributed by atoms with Crippen LogP contribution in [0, 0.1) is 0 Å². The lowest BCUT2D eigenvalue weighted by Crippen LogP contribution is -1.97. The zero-order chi connectivity index (χ0) is 11.1. The van der Waals surface area contributed by atoms with E-state index >= 15 is 0 Å². The Hall–Kier alpha value is -1.57. The van der Waals surface area contributed by atoms with Crippen molar-refractivity contribution in [1.29, 1.82) is 0 Å². The molecule has 15 heavy (non-hydrogen) atoms. The van der Waals surface area contributed by atoms with E-state index in [0.717, 1.165) is 23.6 Å². The standard InChI is InChI=1S/C13H17NO/c1-4-12(10-11(2)14-3)15-13-8-6-5-7-9-13/h5-10H,4H2,1-3H3/b12-10+,14-11?. The fraction of sp³-hybridized carbons (Fsp3) is 0.308. The summed E-state index contributed by atoms with van der Waals surface area (Å²) in [6.45, 7) is 4.03. The third kappa shape index (κ3) is 3.98. The van der Waals surface area contributed by atoms with Gasteiger partial charge in [0.15, 0.2) is 0 Å². The monoisotopic (exact) mass is 203 g/mol. The largest absolute Gasteiger partial charge is 0.462 e. The molecular weight excluding hydrogens is 186 g/mol. The SMILES string of the molecule is CC/C(=C\C(C)=NC)Oc1ccccc1. The van der Waals surface area contributed by atoms with Crippen molar-refractivity contribution in [2.24, 2.45) is 4.99 Å². The molecule has 1 aromatic rings. The van der Waals surface area contributed by atoms with Crippen molar-refractivity contribution in [2.75, 3.05) is 7.05 Å². The van der Waals surface area contributed by atoms with Gasteiger partial charge >= 0.3 is 0 Å². The molecule has 0 bridgehead atoms. The van der Waals surface area contributed by atoms with Gasteiger partial charge in [-0.25, -0.2) is 0 Å². The van der Waals surface area contributed by atoms with Gasteiger partial charge in [-0.05, 0) is 25.1 Å². The second-order valence-corrected chi connectivity index (χ2v) is 3.24. The Labute approximate surface area is 91.3 Å². The van der Waals surface area contributed by atoms with Crippen LogP contribution in [0.15, 0.2) is 47.2 Å². The van der Waals surface area contributed by atoms with Crippen LogP contribution in [0.5, 0.6) is 5.75 Å². The Bertz CT molecular complexity index is 352. The third-order valence-electron chi connectivity index (χ3n) is 2.06. The predicted octanol–water partition coefficient (Wildman–Crippen LogP) is 3.45. The Morgan fingerprint density at radius 3 is 2.53 bits per heavy atom. The van der Waals surface area contributed by atoms with Crippen molar-refractivity contribution in [3.05, 3.63) is 42.2 Å². The Kier molecular flexibility index (Phi) is 4.61. The minimum atomic E-state index is 0.863. The summed E-state index contributed by atoms with van der Waals surface area (Å²) in [4.78, 5) is 4.08.